The van der Waals surface area contributed by atoms with Gasteiger partial charge in [-0.3, -0.25) is 9.67 Å². The predicted molar refractivity (Wildman–Crippen MR) is 74.7 cm³/mol. The van der Waals surface area contributed by atoms with E-state index in [9.17, 15) is 0 Å². The molecule has 0 bridgehead atoms. The average molecular weight is 268 g/mol. The van der Waals surface area contributed by atoms with E-state index in [1.54, 1.807) is 18.1 Å². The van der Waals surface area contributed by atoms with Crippen LogP contribution in [0.3, 0.4) is 0 Å². The Labute approximate surface area is 112 Å². The Morgan fingerprint density at radius 3 is 3.11 bits per heavy atom. The van der Waals surface area contributed by atoms with Crippen molar-refractivity contribution in [3.63, 3.8) is 0 Å². The van der Waals surface area contributed by atoms with Gasteiger partial charge in [-0.2, -0.15) is 16.9 Å². The van der Waals surface area contributed by atoms with Crippen molar-refractivity contribution in [1.82, 2.24) is 25.4 Å². The first-order valence-electron chi connectivity index (χ1n) is 6.18. The van der Waals surface area contributed by atoms with E-state index in [1.807, 2.05) is 18.8 Å². The molecule has 6 nitrogen and oxygen atoms in total. The minimum Gasteiger partial charge on any atom is -0.355 e. The van der Waals surface area contributed by atoms with Crippen molar-refractivity contribution in [2.24, 2.45) is 12.0 Å². The highest BCUT2D eigenvalue weighted by Gasteiger charge is 2.15. The second-order valence-electron chi connectivity index (χ2n) is 4.24. The fourth-order valence-corrected chi connectivity index (χ4v) is 3.08. The third kappa shape index (κ3) is 3.63. The van der Waals surface area contributed by atoms with Crippen LogP contribution < -0.4 is 10.6 Å². The summed E-state index contributed by atoms with van der Waals surface area (Å²) in [5, 5.41) is 11.3. The van der Waals surface area contributed by atoms with Crippen LogP contribution in [-0.2, 0) is 13.6 Å². The van der Waals surface area contributed by atoms with Gasteiger partial charge in [0.05, 0.1) is 6.54 Å². The Morgan fingerprint density at radius 1 is 1.61 bits per heavy atom. The molecule has 0 aliphatic carbocycles. The molecule has 1 atom stereocenters. The van der Waals surface area contributed by atoms with Crippen LogP contribution in [-0.4, -0.2) is 45.3 Å². The molecule has 1 fully saturated rings. The van der Waals surface area contributed by atoms with Gasteiger partial charge in [-0.25, -0.2) is 4.98 Å². The van der Waals surface area contributed by atoms with E-state index in [1.165, 1.54) is 18.6 Å². The zero-order valence-corrected chi connectivity index (χ0v) is 11.7. The Bertz CT molecular complexity index is 396. The maximum atomic E-state index is 4.21. The first-order valence-corrected chi connectivity index (χ1v) is 7.23. The fourth-order valence-electron chi connectivity index (χ4n) is 1.88. The van der Waals surface area contributed by atoms with Crippen LogP contribution in [0.4, 0.5) is 0 Å². The van der Waals surface area contributed by atoms with Crippen molar-refractivity contribution in [1.29, 1.82) is 0 Å². The minimum atomic E-state index is 0.633. The summed E-state index contributed by atoms with van der Waals surface area (Å²) in [5.41, 5.74) is 0. The first kappa shape index (κ1) is 13.2. The zero-order valence-electron chi connectivity index (χ0n) is 10.9. The number of guanidine groups is 1. The van der Waals surface area contributed by atoms with Crippen molar-refractivity contribution in [2.45, 2.75) is 24.6 Å². The number of aliphatic imine (C=N–C) groups is 1. The van der Waals surface area contributed by atoms with Crippen molar-refractivity contribution >= 4 is 17.7 Å². The summed E-state index contributed by atoms with van der Waals surface area (Å²) < 4.78 is 1.76. The molecule has 1 aromatic heterocycles. The lowest BCUT2D eigenvalue weighted by molar-refractivity contribution is 0.668. The molecule has 1 saturated heterocycles. The highest BCUT2D eigenvalue weighted by atomic mass is 32.2. The molecule has 0 saturated carbocycles. The molecule has 7 heteroatoms. The van der Waals surface area contributed by atoms with Gasteiger partial charge in [0, 0.05) is 25.9 Å². The molecule has 2 N–H and O–H groups in total. The van der Waals surface area contributed by atoms with Gasteiger partial charge in [0.2, 0.25) is 0 Å². The summed E-state index contributed by atoms with van der Waals surface area (Å²) in [7, 11) is 3.67. The van der Waals surface area contributed by atoms with Crippen LogP contribution >= 0.6 is 11.8 Å². The summed E-state index contributed by atoms with van der Waals surface area (Å²) in [4.78, 5) is 8.37. The SMILES string of the molecule is CN=C(NCc1ncnn1C)NCC1CCCS1. The van der Waals surface area contributed by atoms with E-state index < -0.39 is 0 Å². The summed E-state index contributed by atoms with van der Waals surface area (Å²) in [6.07, 6.45) is 4.20. The van der Waals surface area contributed by atoms with Crippen LogP contribution in [0.15, 0.2) is 11.3 Å². The number of aryl methyl sites for hydroxylation is 1. The van der Waals surface area contributed by atoms with Gasteiger partial charge < -0.3 is 10.6 Å². The van der Waals surface area contributed by atoms with E-state index >= 15 is 0 Å². The number of hydrogen-bond donors (Lipinski definition) is 2. The van der Waals surface area contributed by atoms with Gasteiger partial charge in [-0.15, -0.1) is 0 Å². The first-order chi connectivity index (χ1) is 8.79. The van der Waals surface area contributed by atoms with E-state index in [2.05, 4.69) is 25.7 Å². The lowest BCUT2D eigenvalue weighted by atomic mass is 10.2. The molecule has 0 spiro atoms. The maximum Gasteiger partial charge on any atom is 0.191 e. The molecule has 0 radical (unpaired) electrons. The average Bonchev–Trinajstić information content (AvgIpc) is 3.01. The van der Waals surface area contributed by atoms with Crippen molar-refractivity contribution in [3.8, 4) is 0 Å². The smallest absolute Gasteiger partial charge is 0.191 e. The quantitative estimate of drug-likeness (QED) is 0.610. The lowest BCUT2D eigenvalue weighted by Gasteiger charge is -2.14. The highest BCUT2D eigenvalue weighted by molar-refractivity contribution is 8.00. The van der Waals surface area contributed by atoms with Gasteiger partial charge >= 0.3 is 0 Å². The Kier molecular flexibility index (Phi) is 4.86. The van der Waals surface area contributed by atoms with Gasteiger partial charge in [-0.1, -0.05) is 0 Å². The van der Waals surface area contributed by atoms with E-state index in [0.717, 1.165) is 23.6 Å². The molecule has 1 aromatic rings. The van der Waals surface area contributed by atoms with Gasteiger partial charge in [0.1, 0.15) is 12.2 Å². The summed E-state index contributed by atoms with van der Waals surface area (Å²) in [6, 6.07) is 0. The summed E-state index contributed by atoms with van der Waals surface area (Å²) in [6.45, 7) is 1.61. The number of thioether (sulfide) groups is 1. The molecule has 1 unspecified atom stereocenters. The highest BCUT2D eigenvalue weighted by Crippen LogP contribution is 2.25. The predicted octanol–water partition coefficient (Wildman–Crippen LogP) is 0.376. The fraction of sp³-hybridized carbons (Fsp3) is 0.727. The molecule has 1 aliphatic heterocycles. The summed E-state index contributed by atoms with van der Waals surface area (Å²) >= 11 is 2.04. The summed E-state index contributed by atoms with van der Waals surface area (Å²) in [5.74, 6) is 3.01. The molecule has 100 valence electrons. The van der Waals surface area contributed by atoms with E-state index in [4.69, 9.17) is 0 Å². The number of rotatable bonds is 4. The number of nitrogens with one attached hydrogen (secondary N) is 2. The molecular weight excluding hydrogens is 248 g/mol. The van der Waals surface area contributed by atoms with Crippen LogP contribution in [0.1, 0.15) is 18.7 Å². The lowest BCUT2D eigenvalue weighted by Crippen LogP contribution is -2.40. The minimum absolute atomic E-state index is 0.633. The maximum absolute atomic E-state index is 4.21. The standard InChI is InChI=1S/C11H20N6S/c1-12-11(13-6-9-4-3-5-18-9)14-7-10-15-8-16-17(10)2/h8-9H,3-7H2,1-2H3,(H2,12,13,14). The monoisotopic (exact) mass is 268 g/mol. The van der Waals surface area contributed by atoms with Crippen molar-refractivity contribution < 1.29 is 0 Å². The van der Waals surface area contributed by atoms with Crippen LogP contribution in [0, 0.1) is 0 Å². The molecule has 0 amide bonds. The largest absolute Gasteiger partial charge is 0.355 e. The van der Waals surface area contributed by atoms with Crippen LogP contribution in [0.2, 0.25) is 0 Å². The normalized spacial score (nSPS) is 20.1. The molecule has 1 aliphatic rings. The third-order valence-corrected chi connectivity index (χ3v) is 4.36. The topological polar surface area (TPSA) is 67.1 Å². The van der Waals surface area contributed by atoms with Gasteiger partial charge in [0.25, 0.3) is 0 Å². The van der Waals surface area contributed by atoms with Gasteiger partial charge in [-0.05, 0) is 18.6 Å². The number of nitrogens with zero attached hydrogens (tertiary/aromatic N) is 4. The Hall–Kier alpha value is -1.24. The Balaban J connectivity index is 1.74. The second-order valence-corrected chi connectivity index (χ2v) is 5.65. The molecule has 0 aromatic carbocycles. The van der Waals surface area contributed by atoms with E-state index in [0.29, 0.717) is 6.54 Å². The van der Waals surface area contributed by atoms with Crippen LogP contribution in [0.25, 0.3) is 0 Å². The molecule has 18 heavy (non-hydrogen) atoms. The number of hydrogen-bond acceptors (Lipinski definition) is 4. The van der Waals surface area contributed by atoms with Gasteiger partial charge in [0.15, 0.2) is 5.96 Å². The second kappa shape index (κ2) is 6.63. The van der Waals surface area contributed by atoms with Crippen molar-refractivity contribution in [2.75, 3.05) is 19.3 Å². The Morgan fingerprint density at radius 2 is 2.50 bits per heavy atom. The zero-order chi connectivity index (χ0) is 12.8. The van der Waals surface area contributed by atoms with Crippen molar-refractivity contribution in [3.05, 3.63) is 12.2 Å². The van der Waals surface area contributed by atoms with Crippen LogP contribution in [0.5, 0.6) is 0 Å². The molecule has 2 rings (SSSR count). The van der Waals surface area contributed by atoms with E-state index in [-0.39, 0.29) is 0 Å². The molecular formula is C11H20N6S. The third-order valence-electron chi connectivity index (χ3n) is 2.96. The number of aromatic nitrogens is 3. The molecule has 2 heterocycles.